The van der Waals surface area contributed by atoms with Gasteiger partial charge in [-0.1, -0.05) is 61.9 Å². The highest BCUT2D eigenvalue weighted by Gasteiger charge is 2.37. The number of aromatic nitrogens is 2. The predicted molar refractivity (Wildman–Crippen MR) is 103 cm³/mol. The molecule has 0 fully saturated rings. The van der Waals surface area contributed by atoms with E-state index in [1.54, 1.807) is 4.68 Å². The van der Waals surface area contributed by atoms with E-state index < -0.39 is 0 Å². The lowest BCUT2D eigenvalue weighted by molar-refractivity contribution is 0.0953. The van der Waals surface area contributed by atoms with Crippen molar-refractivity contribution in [2.75, 3.05) is 0 Å². The van der Waals surface area contributed by atoms with Gasteiger partial charge in [0.15, 0.2) is 0 Å². The van der Waals surface area contributed by atoms with Crippen molar-refractivity contribution in [3.63, 3.8) is 0 Å². The van der Waals surface area contributed by atoms with Crippen molar-refractivity contribution in [1.29, 1.82) is 0 Å². The molecule has 2 heterocycles. The van der Waals surface area contributed by atoms with Crippen molar-refractivity contribution in [3.8, 4) is 5.69 Å². The molecule has 2 aromatic carbocycles. The predicted octanol–water partition coefficient (Wildman–Crippen LogP) is 4.21. The number of benzene rings is 2. The van der Waals surface area contributed by atoms with Crippen LogP contribution in [0.3, 0.4) is 0 Å². The topological polar surface area (TPSA) is 46.9 Å². The molecule has 4 nitrogen and oxygen atoms in total. The van der Waals surface area contributed by atoms with E-state index >= 15 is 0 Å². The van der Waals surface area contributed by atoms with Crippen LogP contribution >= 0.6 is 0 Å². The molecule has 1 N–H and O–H groups in total. The molecule has 0 saturated carbocycles. The lowest BCUT2D eigenvalue weighted by Gasteiger charge is -2.14. The monoisotopic (exact) mass is 345 g/mol. The van der Waals surface area contributed by atoms with E-state index in [1.807, 2.05) is 30.3 Å². The Morgan fingerprint density at radius 2 is 1.77 bits per heavy atom. The Morgan fingerprint density at radius 3 is 2.42 bits per heavy atom. The Morgan fingerprint density at radius 1 is 1.08 bits per heavy atom. The van der Waals surface area contributed by atoms with Crippen LogP contribution in [0.4, 0.5) is 0 Å². The molecular weight excluding hydrogens is 322 g/mol. The summed E-state index contributed by atoms with van der Waals surface area (Å²) in [7, 11) is 0. The average Bonchev–Trinajstić information content (AvgIpc) is 3.15. The van der Waals surface area contributed by atoms with E-state index in [-0.39, 0.29) is 11.9 Å². The first-order chi connectivity index (χ1) is 12.5. The van der Waals surface area contributed by atoms with Gasteiger partial charge in [0.2, 0.25) is 0 Å². The van der Waals surface area contributed by atoms with E-state index in [1.165, 1.54) is 5.56 Å². The molecular formula is C22H23N3O. The molecule has 1 atom stereocenters. The number of carbonyl (C=O) groups excluding carboxylic acids is 1. The van der Waals surface area contributed by atoms with Crippen molar-refractivity contribution >= 4 is 5.91 Å². The Labute approximate surface area is 153 Å². The number of nitrogens with one attached hydrogen (secondary N) is 1. The SMILES string of the molecule is Cc1ccc(C2NC(=O)c3c2c(CC(C)C)nn3-c2ccccc2)cc1. The quantitative estimate of drug-likeness (QED) is 0.770. The van der Waals surface area contributed by atoms with Crippen LogP contribution in [-0.4, -0.2) is 15.7 Å². The molecule has 26 heavy (non-hydrogen) atoms. The molecule has 132 valence electrons. The van der Waals surface area contributed by atoms with Gasteiger partial charge in [-0.25, -0.2) is 4.68 Å². The second-order valence-corrected chi connectivity index (χ2v) is 7.37. The van der Waals surface area contributed by atoms with Gasteiger partial charge in [0.25, 0.3) is 5.91 Å². The van der Waals surface area contributed by atoms with E-state index in [9.17, 15) is 4.79 Å². The molecule has 3 aromatic rings. The van der Waals surface area contributed by atoms with Crippen molar-refractivity contribution in [2.24, 2.45) is 5.92 Å². The Balaban J connectivity index is 1.88. The van der Waals surface area contributed by atoms with Crippen LogP contribution in [-0.2, 0) is 6.42 Å². The van der Waals surface area contributed by atoms with Gasteiger partial charge in [0, 0.05) is 5.56 Å². The van der Waals surface area contributed by atoms with Crippen LogP contribution in [0.25, 0.3) is 5.69 Å². The standard InChI is InChI=1S/C22H23N3O/c1-14(2)13-18-19-20(16-11-9-15(3)10-12-16)23-22(26)21(19)25(24-18)17-7-5-4-6-8-17/h4-12,14,20H,13H2,1-3H3,(H,23,26). The molecule has 0 aliphatic carbocycles. The summed E-state index contributed by atoms with van der Waals surface area (Å²) in [6, 6.07) is 18.1. The van der Waals surface area contributed by atoms with Crippen molar-refractivity contribution in [3.05, 3.63) is 82.7 Å². The summed E-state index contributed by atoms with van der Waals surface area (Å²) in [6.07, 6.45) is 0.847. The summed E-state index contributed by atoms with van der Waals surface area (Å²) in [5, 5.41) is 8.00. The number of amides is 1. The van der Waals surface area contributed by atoms with Crippen molar-refractivity contribution in [1.82, 2.24) is 15.1 Å². The van der Waals surface area contributed by atoms with Crippen LogP contribution in [0.2, 0.25) is 0 Å². The first kappa shape index (κ1) is 16.6. The number of rotatable bonds is 4. The summed E-state index contributed by atoms with van der Waals surface area (Å²) < 4.78 is 1.80. The second-order valence-electron chi connectivity index (χ2n) is 7.37. The Kier molecular flexibility index (Phi) is 4.11. The minimum atomic E-state index is -0.135. The third kappa shape index (κ3) is 2.81. The molecule has 4 rings (SSSR count). The van der Waals surface area contributed by atoms with Crippen LogP contribution in [0, 0.1) is 12.8 Å². The van der Waals surface area contributed by atoms with E-state index in [0.717, 1.165) is 28.9 Å². The van der Waals surface area contributed by atoms with Crippen LogP contribution in [0.5, 0.6) is 0 Å². The molecule has 1 aromatic heterocycles. The average molecular weight is 345 g/mol. The third-order valence-corrected chi connectivity index (χ3v) is 4.79. The largest absolute Gasteiger partial charge is 0.340 e. The van der Waals surface area contributed by atoms with E-state index in [4.69, 9.17) is 5.10 Å². The highest BCUT2D eigenvalue weighted by Crippen LogP contribution is 2.35. The number of carbonyl (C=O) groups is 1. The molecule has 0 radical (unpaired) electrons. The zero-order valence-corrected chi connectivity index (χ0v) is 15.4. The number of para-hydroxylation sites is 1. The maximum absolute atomic E-state index is 12.8. The van der Waals surface area contributed by atoms with Crippen LogP contribution in [0.15, 0.2) is 54.6 Å². The summed E-state index contributed by atoms with van der Waals surface area (Å²) in [5.41, 5.74) is 5.91. The molecule has 1 aliphatic rings. The first-order valence-corrected chi connectivity index (χ1v) is 9.09. The third-order valence-electron chi connectivity index (χ3n) is 4.79. The lowest BCUT2D eigenvalue weighted by atomic mass is 9.95. The summed E-state index contributed by atoms with van der Waals surface area (Å²) in [6.45, 7) is 6.43. The number of nitrogens with zero attached hydrogens (tertiary/aromatic N) is 2. The zero-order chi connectivity index (χ0) is 18.3. The van der Waals surface area contributed by atoms with Crippen molar-refractivity contribution in [2.45, 2.75) is 33.2 Å². The van der Waals surface area contributed by atoms with Gasteiger partial charge in [-0.05, 0) is 37.0 Å². The summed E-state index contributed by atoms with van der Waals surface area (Å²) >= 11 is 0. The molecule has 4 heteroatoms. The smallest absolute Gasteiger partial charge is 0.271 e. The molecule has 1 unspecified atom stereocenters. The van der Waals surface area contributed by atoms with Gasteiger partial charge in [-0.3, -0.25) is 4.79 Å². The maximum atomic E-state index is 12.8. The van der Waals surface area contributed by atoms with Crippen LogP contribution < -0.4 is 5.32 Å². The number of hydrogen-bond acceptors (Lipinski definition) is 2. The summed E-state index contributed by atoms with van der Waals surface area (Å²) in [4.78, 5) is 12.8. The van der Waals surface area contributed by atoms with Gasteiger partial charge < -0.3 is 5.32 Å². The van der Waals surface area contributed by atoms with Gasteiger partial charge in [0.1, 0.15) is 5.69 Å². The lowest BCUT2D eigenvalue weighted by Crippen LogP contribution is -2.23. The molecule has 0 saturated heterocycles. The van der Waals surface area contributed by atoms with E-state index in [0.29, 0.717) is 11.6 Å². The Bertz CT molecular complexity index is 940. The minimum absolute atomic E-state index is 0.0584. The maximum Gasteiger partial charge on any atom is 0.271 e. The second kappa shape index (κ2) is 6.45. The van der Waals surface area contributed by atoms with Gasteiger partial charge >= 0.3 is 0 Å². The molecule has 1 aliphatic heterocycles. The normalized spacial score (nSPS) is 16.0. The molecule has 1 amide bonds. The number of fused-ring (bicyclic) bond motifs is 1. The summed E-state index contributed by atoms with van der Waals surface area (Å²) in [5.74, 6) is 0.407. The van der Waals surface area contributed by atoms with Gasteiger partial charge in [-0.15, -0.1) is 0 Å². The highest BCUT2D eigenvalue weighted by molar-refractivity contribution is 5.99. The zero-order valence-electron chi connectivity index (χ0n) is 15.4. The van der Waals surface area contributed by atoms with E-state index in [2.05, 4.69) is 50.4 Å². The van der Waals surface area contributed by atoms with Crippen molar-refractivity contribution < 1.29 is 4.79 Å². The van der Waals surface area contributed by atoms with Gasteiger partial charge in [-0.2, -0.15) is 5.10 Å². The molecule has 0 spiro atoms. The fourth-order valence-corrected chi connectivity index (χ4v) is 3.57. The highest BCUT2D eigenvalue weighted by atomic mass is 16.2. The fourth-order valence-electron chi connectivity index (χ4n) is 3.57. The van der Waals surface area contributed by atoms with Crippen LogP contribution in [0.1, 0.15) is 52.8 Å². The first-order valence-electron chi connectivity index (χ1n) is 9.09. The number of hydrogen-bond donors (Lipinski definition) is 1. The van der Waals surface area contributed by atoms with Gasteiger partial charge in [0.05, 0.1) is 17.4 Å². The molecule has 0 bridgehead atoms. The fraction of sp³-hybridized carbons (Fsp3) is 0.273. The Hall–Kier alpha value is -2.88. The minimum Gasteiger partial charge on any atom is -0.340 e. The number of aryl methyl sites for hydroxylation is 1.